The van der Waals surface area contributed by atoms with Crippen LogP contribution in [0.3, 0.4) is 0 Å². The molecule has 0 aliphatic carbocycles. The first-order valence-electron chi connectivity index (χ1n) is 5.65. The van der Waals surface area contributed by atoms with Crippen molar-refractivity contribution in [2.45, 2.75) is 26.8 Å². The second-order valence-corrected chi connectivity index (χ2v) is 5.59. The van der Waals surface area contributed by atoms with Gasteiger partial charge >= 0.3 is 0 Å². The Hall–Kier alpha value is -1.26. The number of hydrogen-bond acceptors (Lipinski definition) is 3. The lowest BCUT2D eigenvalue weighted by molar-refractivity contribution is -0.119. The molecule has 0 aromatic heterocycles. The number of benzene rings is 1. The lowest BCUT2D eigenvalue weighted by atomic mass is 9.87. The van der Waals surface area contributed by atoms with E-state index in [1.165, 1.54) is 7.11 Å². The Morgan fingerprint density at radius 3 is 2.50 bits per heavy atom. The summed E-state index contributed by atoms with van der Waals surface area (Å²) in [5.41, 5.74) is 6.18. The number of nitrogens with one attached hydrogen (secondary N) is 1. The van der Waals surface area contributed by atoms with Crippen LogP contribution in [0.5, 0.6) is 5.75 Å². The van der Waals surface area contributed by atoms with Gasteiger partial charge in [-0.25, -0.2) is 0 Å². The molecule has 4 nitrogen and oxygen atoms in total. The van der Waals surface area contributed by atoms with Gasteiger partial charge in [-0.3, -0.25) is 4.79 Å². The molecule has 18 heavy (non-hydrogen) atoms. The first-order valence-corrected chi connectivity index (χ1v) is 6.03. The summed E-state index contributed by atoms with van der Waals surface area (Å²) < 4.78 is 5.04. The van der Waals surface area contributed by atoms with Gasteiger partial charge in [0.15, 0.2) is 0 Å². The maximum atomic E-state index is 11.9. The highest BCUT2D eigenvalue weighted by molar-refractivity contribution is 6.32. The molecule has 1 aromatic rings. The van der Waals surface area contributed by atoms with Gasteiger partial charge < -0.3 is 15.8 Å². The highest BCUT2D eigenvalue weighted by Crippen LogP contribution is 2.27. The van der Waals surface area contributed by atoms with E-state index in [0.29, 0.717) is 16.5 Å². The lowest BCUT2D eigenvalue weighted by Crippen LogP contribution is -2.45. The molecule has 1 unspecified atom stereocenters. The predicted molar refractivity (Wildman–Crippen MR) is 74.1 cm³/mol. The maximum absolute atomic E-state index is 11.9. The summed E-state index contributed by atoms with van der Waals surface area (Å²) in [4.78, 5) is 11.9. The lowest BCUT2D eigenvalue weighted by Gasteiger charge is -2.25. The van der Waals surface area contributed by atoms with Gasteiger partial charge in [0.1, 0.15) is 5.75 Å². The number of ether oxygens (including phenoxy) is 1. The van der Waals surface area contributed by atoms with Crippen molar-refractivity contribution in [1.29, 1.82) is 0 Å². The minimum atomic E-state index is -0.585. The van der Waals surface area contributed by atoms with E-state index in [1.54, 1.807) is 18.2 Å². The van der Waals surface area contributed by atoms with Gasteiger partial charge in [0.2, 0.25) is 5.91 Å². The van der Waals surface area contributed by atoms with Gasteiger partial charge in [0, 0.05) is 5.69 Å². The number of carbonyl (C=O) groups excluding carboxylic acids is 1. The fourth-order valence-electron chi connectivity index (χ4n) is 1.36. The third-order valence-electron chi connectivity index (χ3n) is 2.63. The van der Waals surface area contributed by atoms with E-state index in [0.717, 1.165) is 0 Å². The normalized spacial score (nSPS) is 13.0. The van der Waals surface area contributed by atoms with Crippen molar-refractivity contribution in [2.24, 2.45) is 11.1 Å². The predicted octanol–water partition coefficient (Wildman–Crippen LogP) is 2.66. The Morgan fingerprint density at radius 1 is 1.44 bits per heavy atom. The minimum absolute atomic E-state index is 0.233. The molecule has 0 heterocycles. The molecule has 3 N–H and O–H groups in total. The van der Waals surface area contributed by atoms with Crippen LogP contribution < -0.4 is 15.8 Å². The molecule has 0 bridgehead atoms. The number of anilines is 1. The molecule has 0 aliphatic heterocycles. The van der Waals surface area contributed by atoms with Crippen molar-refractivity contribution in [3.8, 4) is 5.75 Å². The SMILES string of the molecule is COc1ccc(NC(=O)C(N)C(C)(C)C)cc1Cl. The first-order chi connectivity index (χ1) is 8.25. The van der Waals surface area contributed by atoms with E-state index in [4.69, 9.17) is 22.1 Å². The third-order valence-corrected chi connectivity index (χ3v) is 2.93. The first kappa shape index (κ1) is 14.8. The molecule has 1 rings (SSSR count). The van der Waals surface area contributed by atoms with Crippen LogP contribution in [-0.4, -0.2) is 19.1 Å². The van der Waals surface area contributed by atoms with E-state index in [9.17, 15) is 4.79 Å². The van der Waals surface area contributed by atoms with Crippen LogP contribution >= 0.6 is 11.6 Å². The van der Waals surface area contributed by atoms with Crippen molar-refractivity contribution in [3.05, 3.63) is 23.2 Å². The molecule has 0 aliphatic rings. The molecule has 1 atom stereocenters. The van der Waals surface area contributed by atoms with Crippen molar-refractivity contribution < 1.29 is 9.53 Å². The molecule has 0 spiro atoms. The monoisotopic (exact) mass is 270 g/mol. The summed E-state index contributed by atoms with van der Waals surface area (Å²) in [5.74, 6) is 0.332. The van der Waals surface area contributed by atoms with E-state index in [-0.39, 0.29) is 11.3 Å². The molecule has 1 amide bonds. The topological polar surface area (TPSA) is 64.3 Å². The molecule has 1 aromatic carbocycles. The van der Waals surface area contributed by atoms with Gasteiger partial charge in [0.25, 0.3) is 0 Å². The van der Waals surface area contributed by atoms with Crippen LogP contribution in [0.15, 0.2) is 18.2 Å². The standard InChI is InChI=1S/C13H19ClN2O2/c1-13(2,3)11(15)12(17)16-8-5-6-10(18-4)9(14)7-8/h5-7,11H,15H2,1-4H3,(H,16,17). The van der Waals surface area contributed by atoms with Gasteiger partial charge in [-0.1, -0.05) is 32.4 Å². The third kappa shape index (κ3) is 3.62. The van der Waals surface area contributed by atoms with Crippen molar-refractivity contribution in [3.63, 3.8) is 0 Å². The quantitative estimate of drug-likeness (QED) is 0.887. The average Bonchev–Trinajstić information content (AvgIpc) is 2.27. The van der Waals surface area contributed by atoms with Crippen LogP contribution in [0.25, 0.3) is 0 Å². The smallest absolute Gasteiger partial charge is 0.241 e. The largest absolute Gasteiger partial charge is 0.495 e. The average molecular weight is 271 g/mol. The number of rotatable bonds is 3. The molecular weight excluding hydrogens is 252 g/mol. The van der Waals surface area contributed by atoms with E-state index >= 15 is 0 Å². The van der Waals surface area contributed by atoms with E-state index in [1.807, 2.05) is 20.8 Å². The summed E-state index contributed by atoms with van der Waals surface area (Å²) in [6.07, 6.45) is 0. The van der Waals surface area contributed by atoms with Crippen LogP contribution in [0.1, 0.15) is 20.8 Å². The Balaban J connectivity index is 2.80. The molecule has 0 fully saturated rings. The molecule has 0 radical (unpaired) electrons. The second kappa shape index (κ2) is 5.59. The Labute approximate surface area is 112 Å². The van der Waals surface area contributed by atoms with Gasteiger partial charge in [-0.2, -0.15) is 0 Å². The van der Waals surface area contributed by atoms with Crippen LogP contribution in [-0.2, 0) is 4.79 Å². The number of amides is 1. The van der Waals surface area contributed by atoms with Crippen molar-refractivity contribution in [1.82, 2.24) is 0 Å². The summed E-state index contributed by atoms with van der Waals surface area (Å²) in [7, 11) is 1.54. The zero-order valence-corrected chi connectivity index (χ0v) is 11.8. The Bertz CT molecular complexity index is 441. The summed E-state index contributed by atoms with van der Waals surface area (Å²) in [6, 6.07) is 4.46. The van der Waals surface area contributed by atoms with E-state index in [2.05, 4.69) is 5.32 Å². The fraction of sp³-hybridized carbons (Fsp3) is 0.462. The number of hydrogen-bond donors (Lipinski definition) is 2. The second-order valence-electron chi connectivity index (χ2n) is 5.18. The minimum Gasteiger partial charge on any atom is -0.495 e. The van der Waals surface area contributed by atoms with Gasteiger partial charge in [0.05, 0.1) is 18.2 Å². The number of methoxy groups -OCH3 is 1. The van der Waals surface area contributed by atoms with Crippen LogP contribution in [0.4, 0.5) is 5.69 Å². The number of halogens is 1. The van der Waals surface area contributed by atoms with Crippen molar-refractivity contribution in [2.75, 3.05) is 12.4 Å². The Morgan fingerprint density at radius 2 is 2.06 bits per heavy atom. The summed E-state index contributed by atoms with van der Waals surface area (Å²) in [5, 5.41) is 3.18. The molecule has 0 saturated heterocycles. The molecule has 100 valence electrons. The Kier molecular flexibility index (Phi) is 4.59. The highest BCUT2D eigenvalue weighted by Gasteiger charge is 2.27. The zero-order chi connectivity index (χ0) is 13.9. The fourth-order valence-corrected chi connectivity index (χ4v) is 1.62. The number of carbonyl (C=O) groups is 1. The molecule has 0 saturated carbocycles. The summed E-state index contributed by atoms with van der Waals surface area (Å²) in [6.45, 7) is 5.74. The molecular formula is C13H19ClN2O2. The van der Waals surface area contributed by atoms with Gasteiger partial charge in [-0.15, -0.1) is 0 Å². The van der Waals surface area contributed by atoms with E-state index < -0.39 is 6.04 Å². The van der Waals surface area contributed by atoms with Crippen LogP contribution in [0, 0.1) is 5.41 Å². The zero-order valence-electron chi connectivity index (χ0n) is 11.1. The highest BCUT2D eigenvalue weighted by atomic mass is 35.5. The van der Waals surface area contributed by atoms with Crippen LogP contribution in [0.2, 0.25) is 5.02 Å². The number of nitrogens with two attached hydrogens (primary N) is 1. The summed E-state index contributed by atoms with van der Waals surface area (Å²) >= 11 is 5.97. The van der Waals surface area contributed by atoms with Gasteiger partial charge in [-0.05, 0) is 23.6 Å². The van der Waals surface area contributed by atoms with Crippen molar-refractivity contribution >= 4 is 23.2 Å². The maximum Gasteiger partial charge on any atom is 0.241 e. The molecule has 5 heteroatoms.